The lowest BCUT2D eigenvalue weighted by Crippen LogP contribution is -2.31. The van der Waals surface area contributed by atoms with Crippen molar-refractivity contribution < 1.29 is 14.9 Å². The minimum atomic E-state index is -0.815. The first kappa shape index (κ1) is 13.0. The van der Waals surface area contributed by atoms with Gasteiger partial charge in [0.25, 0.3) is 0 Å². The van der Waals surface area contributed by atoms with Crippen LogP contribution < -0.4 is 11.4 Å². The van der Waals surface area contributed by atoms with Crippen molar-refractivity contribution in [3.8, 4) is 0 Å². The highest BCUT2D eigenvalue weighted by Crippen LogP contribution is 2.33. The van der Waals surface area contributed by atoms with Gasteiger partial charge in [0, 0.05) is 17.7 Å². The standard InChI is InChI=1S/C11H17N3O4/c1-5-3-14(11(17)13-9(5)12)10-6(2)8(16)7(4-15)18-10/h3,6-8,10,15-16H,4H2,1-2H3,(H2,12,13,17)/t6?,7-,8-,10-/m1/s1. The zero-order chi connectivity index (χ0) is 13.4. The topological polar surface area (TPSA) is 111 Å². The van der Waals surface area contributed by atoms with Gasteiger partial charge in [-0.05, 0) is 6.92 Å². The van der Waals surface area contributed by atoms with Crippen LogP contribution in [-0.2, 0) is 4.74 Å². The summed E-state index contributed by atoms with van der Waals surface area (Å²) in [6, 6.07) is 0. The number of aliphatic hydroxyl groups excluding tert-OH is 2. The number of nitrogens with zero attached hydrogens (tertiary/aromatic N) is 2. The molecule has 1 aromatic rings. The Hall–Kier alpha value is -1.44. The summed E-state index contributed by atoms with van der Waals surface area (Å²) in [4.78, 5) is 15.5. The molecule has 4 atom stereocenters. The van der Waals surface area contributed by atoms with Gasteiger partial charge >= 0.3 is 5.69 Å². The maximum atomic E-state index is 11.8. The van der Waals surface area contributed by atoms with Gasteiger partial charge in [0.15, 0.2) is 0 Å². The molecule has 2 rings (SSSR count). The van der Waals surface area contributed by atoms with E-state index in [0.29, 0.717) is 5.56 Å². The van der Waals surface area contributed by atoms with E-state index in [9.17, 15) is 9.90 Å². The number of aryl methyl sites for hydroxylation is 1. The van der Waals surface area contributed by atoms with Gasteiger partial charge in [0.05, 0.1) is 12.7 Å². The monoisotopic (exact) mass is 255 g/mol. The van der Waals surface area contributed by atoms with Crippen LogP contribution in [0.5, 0.6) is 0 Å². The lowest BCUT2D eigenvalue weighted by Gasteiger charge is -2.18. The summed E-state index contributed by atoms with van der Waals surface area (Å²) in [5.41, 5.74) is 5.68. The second-order valence-corrected chi connectivity index (χ2v) is 4.60. The number of rotatable bonds is 2. The Morgan fingerprint density at radius 3 is 2.83 bits per heavy atom. The van der Waals surface area contributed by atoms with Crippen LogP contribution in [0.4, 0.5) is 5.82 Å². The van der Waals surface area contributed by atoms with Crippen LogP contribution in [0.3, 0.4) is 0 Å². The first-order valence-electron chi connectivity index (χ1n) is 5.75. The molecule has 1 aliphatic heterocycles. The summed E-state index contributed by atoms with van der Waals surface area (Å²) in [5, 5.41) is 18.9. The first-order chi connectivity index (χ1) is 8.45. The van der Waals surface area contributed by atoms with Crippen LogP contribution in [0.15, 0.2) is 11.0 Å². The van der Waals surface area contributed by atoms with Crippen LogP contribution in [-0.4, -0.2) is 38.6 Å². The van der Waals surface area contributed by atoms with Crippen molar-refractivity contribution in [2.45, 2.75) is 32.3 Å². The van der Waals surface area contributed by atoms with E-state index in [-0.39, 0.29) is 18.3 Å². The van der Waals surface area contributed by atoms with Crippen LogP contribution >= 0.6 is 0 Å². The molecule has 1 fully saturated rings. The molecule has 1 unspecified atom stereocenters. The Labute approximate surface area is 104 Å². The molecule has 1 aliphatic rings. The molecule has 0 saturated carbocycles. The summed E-state index contributed by atoms with van der Waals surface area (Å²) >= 11 is 0. The maximum Gasteiger partial charge on any atom is 0.351 e. The normalized spacial score (nSPS) is 31.8. The van der Waals surface area contributed by atoms with Gasteiger partial charge in [-0.1, -0.05) is 6.92 Å². The quantitative estimate of drug-likeness (QED) is 0.626. The third kappa shape index (κ3) is 2.00. The molecule has 2 heterocycles. The van der Waals surface area contributed by atoms with Crippen molar-refractivity contribution in [2.24, 2.45) is 5.92 Å². The highest BCUT2D eigenvalue weighted by atomic mass is 16.5. The van der Waals surface area contributed by atoms with E-state index < -0.39 is 24.1 Å². The van der Waals surface area contributed by atoms with Crippen molar-refractivity contribution in [1.29, 1.82) is 0 Å². The van der Waals surface area contributed by atoms with Gasteiger partial charge in [-0.25, -0.2) is 4.79 Å². The van der Waals surface area contributed by atoms with Gasteiger partial charge in [-0.15, -0.1) is 0 Å². The first-order valence-corrected chi connectivity index (χ1v) is 5.75. The van der Waals surface area contributed by atoms with Crippen LogP contribution in [0.1, 0.15) is 18.7 Å². The predicted octanol–water partition coefficient (Wildman–Crippen LogP) is -0.979. The summed E-state index contributed by atoms with van der Waals surface area (Å²) in [6.07, 6.45) is -0.589. The van der Waals surface area contributed by atoms with E-state index in [0.717, 1.165) is 0 Å². The Morgan fingerprint density at radius 1 is 1.61 bits per heavy atom. The van der Waals surface area contributed by atoms with E-state index in [1.165, 1.54) is 4.57 Å². The molecule has 100 valence electrons. The van der Waals surface area contributed by atoms with E-state index >= 15 is 0 Å². The lowest BCUT2D eigenvalue weighted by atomic mass is 10.0. The van der Waals surface area contributed by atoms with Gasteiger partial charge in [0.1, 0.15) is 18.1 Å². The fourth-order valence-electron chi connectivity index (χ4n) is 2.12. The number of aliphatic hydroxyl groups is 2. The summed E-state index contributed by atoms with van der Waals surface area (Å²) in [7, 11) is 0. The van der Waals surface area contributed by atoms with Gasteiger partial charge in [0.2, 0.25) is 0 Å². The zero-order valence-electron chi connectivity index (χ0n) is 10.3. The van der Waals surface area contributed by atoms with Crippen LogP contribution in [0, 0.1) is 12.8 Å². The Morgan fingerprint density at radius 2 is 2.28 bits per heavy atom. The van der Waals surface area contributed by atoms with Gasteiger partial charge in [-0.2, -0.15) is 4.98 Å². The SMILES string of the molecule is Cc1cn([C@@H]2O[C@H](CO)[C@H](O)C2C)c(=O)nc1N. The maximum absolute atomic E-state index is 11.8. The van der Waals surface area contributed by atoms with Crippen molar-refractivity contribution in [2.75, 3.05) is 12.3 Å². The van der Waals surface area contributed by atoms with Crippen molar-refractivity contribution in [1.82, 2.24) is 9.55 Å². The number of nitrogens with two attached hydrogens (primary N) is 1. The fourth-order valence-corrected chi connectivity index (χ4v) is 2.12. The second kappa shape index (κ2) is 4.68. The number of nitrogen functional groups attached to an aromatic ring is 1. The molecule has 0 aliphatic carbocycles. The number of anilines is 1. The van der Waals surface area contributed by atoms with E-state index in [1.54, 1.807) is 20.0 Å². The molecular formula is C11H17N3O4. The molecule has 1 aromatic heterocycles. The molecular weight excluding hydrogens is 238 g/mol. The largest absolute Gasteiger partial charge is 0.394 e. The predicted molar refractivity (Wildman–Crippen MR) is 63.8 cm³/mol. The minimum Gasteiger partial charge on any atom is -0.394 e. The lowest BCUT2D eigenvalue weighted by molar-refractivity contribution is -0.0476. The Kier molecular flexibility index (Phi) is 3.38. The van der Waals surface area contributed by atoms with E-state index in [4.69, 9.17) is 15.6 Å². The third-order valence-corrected chi connectivity index (χ3v) is 3.31. The molecule has 0 spiro atoms. The smallest absolute Gasteiger partial charge is 0.351 e. The molecule has 0 radical (unpaired) electrons. The van der Waals surface area contributed by atoms with Crippen molar-refractivity contribution in [3.05, 3.63) is 22.2 Å². The van der Waals surface area contributed by atoms with E-state index in [2.05, 4.69) is 4.98 Å². The Bertz CT molecular complexity index is 502. The summed E-state index contributed by atoms with van der Waals surface area (Å²) in [6.45, 7) is 3.19. The molecule has 7 heteroatoms. The number of ether oxygens (including phenoxy) is 1. The summed E-state index contributed by atoms with van der Waals surface area (Å²) < 4.78 is 6.78. The fraction of sp³-hybridized carbons (Fsp3) is 0.636. The van der Waals surface area contributed by atoms with Crippen LogP contribution in [0.2, 0.25) is 0 Å². The van der Waals surface area contributed by atoms with Crippen molar-refractivity contribution >= 4 is 5.82 Å². The molecule has 7 nitrogen and oxygen atoms in total. The average molecular weight is 255 g/mol. The molecule has 0 bridgehead atoms. The third-order valence-electron chi connectivity index (χ3n) is 3.31. The zero-order valence-corrected chi connectivity index (χ0v) is 10.3. The van der Waals surface area contributed by atoms with Crippen molar-refractivity contribution in [3.63, 3.8) is 0 Å². The molecule has 0 amide bonds. The van der Waals surface area contributed by atoms with E-state index in [1.807, 2.05) is 0 Å². The molecule has 4 N–H and O–H groups in total. The number of hydrogen-bond donors (Lipinski definition) is 3. The number of aromatic nitrogens is 2. The molecule has 1 saturated heterocycles. The highest BCUT2D eigenvalue weighted by Gasteiger charge is 2.41. The van der Waals surface area contributed by atoms with Gasteiger partial charge < -0.3 is 20.7 Å². The Balaban J connectivity index is 2.39. The highest BCUT2D eigenvalue weighted by molar-refractivity contribution is 5.35. The molecule has 0 aromatic carbocycles. The van der Waals surface area contributed by atoms with Gasteiger partial charge in [-0.3, -0.25) is 4.57 Å². The molecule has 18 heavy (non-hydrogen) atoms. The summed E-state index contributed by atoms with van der Waals surface area (Å²) in [5.74, 6) is -0.133. The second-order valence-electron chi connectivity index (χ2n) is 4.60. The number of hydrogen-bond acceptors (Lipinski definition) is 6. The van der Waals surface area contributed by atoms with Crippen LogP contribution in [0.25, 0.3) is 0 Å². The minimum absolute atomic E-state index is 0.182. The average Bonchev–Trinajstić information content (AvgIpc) is 2.61.